The second-order valence-electron chi connectivity index (χ2n) is 27.1. The Balaban J connectivity index is 0.00000137. The number of benzene rings is 4. The summed E-state index contributed by atoms with van der Waals surface area (Å²) in [5.41, 5.74) is -1.61. The molecule has 0 saturated carbocycles. The third kappa shape index (κ3) is 41.2. The number of ether oxygens (including phenoxy) is 12. The van der Waals surface area contributed by atoms with Crippen molar-refractivity contribution in [2.75, 3.05) is 106 Å². The maximum atomic E-state index is 11.5. The van der Waals surface area contributed by atoms with E-state index in [2.05, 4.69) is 103 Å². The van der Waals surface area contributed by atoms with Gasteiger partial charge in [0.25, 0.3) is 0 Å². The fourth-order valence-corrected chi connectivity index (χ4v) is 9.88. The van der Waals surface area contributed by atoms with Gasteiger partial charge in [-0.3, -0.25) is 0 Å². The van der Waals surface area contributed by atoms with Crippen molar-refractivity contribution in [3.8, 4) is 46.0 Å². The molecule has 21 heteroatoms. The van der Waals surface area contributed by atoms with Crippen LogP contribution in [0.15, 0.2) is 72.8 Å². The summed E-state index contributed by atoms with van der Waals surface area (Å²) in [6.45, 7) is 40.6. The normalized spacial score (nSPS) is 13.3. The number of unbranched alkanes of at least 4 members (excludes halogenated alkanes) is 12. The summed E-state index contributed by atoms with van der Waals surface area (Å²) in [6.07, 6.45) is 24.3. The van der Waals surface area contributed by atoms with Crippen molar-refractivity contribution in [2.24, 2.45) is 0 Å². The van der Waals surface area contributed by atoms with Crippen LogP contribution in [0.4, 0.5) is 0 Å². The summed E-state index contributed by atoms with van der Waals surface area (Å²) in [5.74, 6) is 5.50. The van der Waals surface area contributed by atoms with Gasteiger partial charge >= 0.3 is 21.7 Å². The van der Waals surface area contributed by atoms with Crippen LogP contribution >= 0.6 is 0 Å². The fraction of sp³-hybridized carbons (Fsp3) is 0.714. The van der Waals surface area contributed by atoms with E-state index in [1.54, 1.807) is 27.7 Å². The molecule has 4 aromatic carbocycles. The minimum atomic E-state index is -1.10. The van der Waals surface area contributed by atoms with Crippen LogP contribution in [-0.4, -0.2) is 106 Å². The maximum Gasteiger partial charge on any atom is 4.00 e. The topological polar surface area (TPSA) is 240 Å². The van der Waals surface area contributed by atoms with Gasteiger partial charge in [0.05, 0.1) is 79.3 Å². The zero-order valence-electron chi connectivity index (χ0n) is 67.9. The van der Waals surface area contributed by atoms with Gasteiger partial charge in [-0.25, -0.2) is 0 Å². The van der Waals surface area contributed by atoms with E-state index in [1.807, 2.05) is 72.8 Å². The van der Waals surface area contributed by atoms with Gasteiger partial charge in [-0.05, 0) is 153 Å². The number of hydrogen-bond acceptors (Lipinski definition) is 20. The average Bonchev–Trinajstić information content (AvgIpc) is 0.829. The minimum absolute atomic E-state index is 0. The summed E-state index contributed by atoms with van der Waals surface area (Å²) in [6, 6.07) is 22.3. The van der Waals surface area contributed by atoms with Crippen LogP contribution < -0.4 is 58.9 Å². The van der Waals surface area contributed by atoms with Crippen LogP contribution in [-0.2, 0) is 82.6 Å². The maximum absolute atomic E-state index is 11.5. The number of hydrogen-bond donors (Lipinski definition) is 0. The van der Waals surface area contributed by atoms with E-state index in [1.165, 1.54) is 0 Å². The summed E-state index contributed by atoms with van der Waals surface area (Å²) in [4.78, 5) is 18.4. The van der Waals surface area contributed by atoms with Crippen LogP contribution in [0.3, 0.4) is 0 Å². The SMILES string of the molecule is CCCCOCC(C)(O[O-])c1ccc(OCCCC)cc1OCCCC.CCCCOCC(C)(O[O-])c1ccc(OCCCC)cc1OCCCC.CCCCOCC(C)(O[O-])c1ccc(OCCCC)cc1OCCCC.CCCCOCC(C)(O[O-])c1ccc(OCCCC)cc1OCCCC.[Ti+4]. The first-order chi connectivity index (χ1) is 50.4. The fourth-order valence-electron chi connectivity index (χ4n) is 9.88. The molecule has 4 rings (SSSR count). The second-order valence-corrected chi connectivity index (χ2v) is 27.1. The first-order valence-electron chi connectivity index (χ1n) is 39.6. The first-order valence-corrected chi connectivity index (χ1v) is 39.6. The van der Waals surface area contributed by atoms with Gasteiger partial charge in [0.2, 0.25) is 0 Å². The molecule has 0 bridgehead atoms. The molecule has 0 N–H and O–H groups in total. The van der Waals surface area contributed by atoms with Gasteiger partial charge in [0.1, 0.15) is 68.4 Å². The summed E-state index contributed by atoms with van der Waals surface area (Å²) in [7, 11) is 0. The van der Waals surface area contributed by atoms with Crippen molar-refractivity contribution in [1.82, 2.24) is 0 Å². The van der Waals surface area contributed by atoms with Crippen molar-refractivity contribution in [3.05, 3.63) is 95.1 Å². The Morgan fingerprint density at radius 2 is 0.381 bits per heavy atom. The number of rotatable bonds is 60. The van der Waals surface area contributed by atoms with E-state index in [0.717, 1.165) is 177 Å². The van der Waals surface area contributed by atoms with Crippen molar-refractivity contribution >= 4 is 0 Å². The van der Waals surface area contributed by atoms with Crippen LogP contribution in [0.1, 0.15) is 287 Å². The molecular weight excluding hydrogens is 1380 g/mol. The van der Waals surface area contributed by atoms with Crippen molar-refractivity contribution in [1.29, 1.82) is 0 Å². The third-order valence-electron chi connectivity index (χ3n) is 17.0. The van der Waals surface area contributed by atoms with Crippen molar-refractivity contribution in [3.63, 3.8) is 0 Å². The Hall–Kier alpha value is -4.49. The molecule has 0 amide bonds. The van der Waals surface area contributed by atoms with Crippen LogP contribution in [0, 0.1) is 0 Å². The molecule has 0 spiro atoms. The molecule has 0 aliphatic rings. The summed E-state index contributed by atoms with van der Waals surface area (Å²) >= 11 is 0. The predicted octanol–water partition coefficient (Wildman–Crippen LogP) is 17.5. The second kappa shape index (κ2) is 63.3. The Kier molecular flexibility index (Phi) is 60.6. The molecule has 0 aliphatic carbocycles. The molecule has 600 valence electrons. The van der Waals surface area contributed by atoms with Crippen molar-refractivity contribution in [2.45, 2.75) is 287 Å². The van der Waals surface area contributed by atoms with Crippen LogP contribution in [0.2, 0.25) is 0 Å². The molecule has 0 fully saturated rings. The summed E-state index contributed by atoms with van der Waals surface area (Å²) < 4.78 is 69.5. The monoisotopic (exact) mass is 1520 g/mol. The van der Waals surface area contributed by atoms with E-state index in [-0.39, 0.29) is 48.1 Å². The van der Waals surface area contributed by atoms with Crippen LogP contribution in [0.5, 0.6) is 46.0 Å². The van der Waals surface area contributed by atoms with E-state index in [0.29, 0.717) is 125 Å². The molecule has 4 atom stereocenters. The molecule has 4 unspecified atom stereocenters. The van der Waals surface area contributed by atoms with Gasteiger partial charge in [0, 0.05) is 72.9 Å². The Bertz CT molecular complexity index is 2330. The van der Waals surface area contributed by atoms with E-state index in [4.69, 9.17) is 56.8 Å². The Morgan fingerprint density at radius 3 is 0.533 bits per heavy atom. The quantitative estimate of drug-likeness (QED) is 0.0173. The summed E-state index contributed by atoms with van der Waals surface area (Å²) in [5, 5.41) is 46.1. The smallest absolute Gasteiger partial charge is 0.723 e. The molecule has 0 aliphatic heterocycles. The van der Waals surface area contributed by atoms with Crippen molar-refractivity contribution < 1.29 is 119 Å². The van der Waals surface area contributed by atoms with E-state index in [9.17, 15) is 21.0 Å². The molecular formula is C84H140O20Ti. The standard InChI is InChI=1S/4C21H36O5.Ti/c4*1-5-8-13-23-17-21(4,26-22)19-12-11-18(24-14-9-6-2)16-20(19)25-15-10-7-3;/h4*11-12,16,22H,5-10,13-15,17H2,1-4H3;/q;;;;+4/p-4. The molecule has 20 nitrogen and oxygen atoms in total. The molecule has 0 saturated heterocycles. The first kappa shape index (κ1) is 101. The van der Waals surface area contributed by atoms with Crippen LogP contribution in [0.25, 0.3) is 0 Å². The minimum Gasteiger partial charge on any atom is -0.723 e. The largest absolute Gasteiger partial charge is 4.00 e. The van der Waals surface area contributed by atoms with E-state index < -0.39 is 22.4 Å². The zero-order chi connectivity index (χ0) is 77.0. The van der Waals surface area contributed by atoms with Gasteiger partial charge in [-0.15, -0.1) is 0 Å². The molecule has 4 aromatic rings. The van der Waals surface area contributed by atoms with Gasteiger partial charge in [-0.1, -0.05) is 160 Å². The van der Waals surface area contributed by atoms with Gasteiger partial charge in [0.15, 0.2) is 0 Å². The molecule has 0 radical (unpaired) electrons. The Morgan fingerprint density at radius 1 is 0.229 bits per heavy atom. The van der Waals surface area contributed by atoms with E-state index >= 15 is 0 Å². The molecule has 105 heavy (non-hydrogen) atoms. The zero-order valence-corrected chi connectivity index (χ0v) is 69.4. The molecule has 0 aromatic heterocycles. The third-order valence-corrected chi connectivity index (χ3v) is 17.0. The Labute approximate surface area is 649 Å². The van der Waals surface area contributed by atoms with Gasteiger partial charge < -0.3 is 97.4 Å². The average molecular weight is 1520 g/mol. The molecule has 0 heterocycles. The van der Waals surface area contributed by atoms with Gasteiger partial charge in [-0.2, -0.15) is 0 Å². The predicted molar refractivity (Wildman–Crippen MR) is 406 cm³/mol.